The highest BCUT2D eigenvalue weighted by atomic mass is 19.1. The van der Waals surface area contributed by atoms with Gasteiger partial charge in [0.05, 0.1) is 29.5 Å². The van der Waals surface area contributed by atoms with Crippen LogP contribution in [0.4, 0.5) is 10.1 Å². The van der Waals surface area contributed by atoms with Gasteiger partial charge in [0.2, 0.25) is 0 Å². The lowest BCUT2D eigenvalue weighted by molar-refractivity contribution is 0.102. The molecule has 0 unspecified atom stereocenters. The van der Waals surface area contributed by atoms with Crippen LogP contribution in [0.25, 0.3) is 11.5 Å². The van der Waals surface area contributed by atoms with Gasteiger partial charge in [-0.2, -0.15) is 5.10 Å². The highest BCUT2D eigenvalue weighted by Crippen LogP contribution is 2.20. The summed E-state index contributed by atoms with van der Waals surface area (Å²) in [6.45, 7) is 1.78. The van der Waals surface area contributed by atoms with E-state index in [4.69, 9.17) is 0 Å². The predicted molar refractivity (Wildman–Crippen MR) is 97.6 cm³/mol. The number of hydrogen-bond acceptors (Lipinski definition) is 4. The van der Waals surface area contributed by atoms with Gasteiger partial charge < -0.3 is 9.88 Å². The van der Waals surface area contributed by atoms with Gasteiger partial charge in [-0.1, -0.05) is 6.07 Å². The minimum atomic E-state index is -0.466. The molecule has 0 bridgehead atoms. The second-order valence-corrected chi connectivity index (χ2v) is 5.83. The number of nitrogens with zero attached hydrogens (tertiary/aromatic N) is 5. The summed E-state index contributed by atoms with van der Waals surface area (Å²) >= 11 is 0. The monoisotopic (exact) mass is 362 g/mol. The summed E-state index contributed by atoms with van der Waals surface area (Å²) in [6, 6.07) is 9.93. The lowest BCUT2D eigenvalue weighted by atomic mass is 10.2. The summed E-state index contributed by atoms with van der Waals surface area (Å²) in [5.74, 6) is -0.221. The highest BCUT2D eigenvalue weighted by molar-refractivity contribution is 6.05. The maximum atomic E-state index is 14.3. The van der Waals surface area contributed by atoms with Gasteiger partial charge in [-0.25, -0.2) is 19.0 Å². The van der Waals surface area contributed by atoms with Crippen molar-refractivity contribution in [3.05, 3.63) is 84.6 Å². The molecule has 3 heterocycles. The van der Waals surface area contributed by atoms with Gasteiger partial charge in [-0.15, -0.1) is 0 Å². The molecule has 1 amide bonds. The Hall–Kier alpha value is -3.81. The van der Waals surface area contributed by atoms with Gasteiger partial charge in [-0.05, 0) is 37.3 Å². The van der Waals surface area contributed by atoms with E-state index in [1.54, 1.807) is 59.0 Å². The van der Waals surface area contributed by atoms with E-state index >= 15 is 0 Å². The van der Waals surface area contributed by atoms with Crippen LogP contribution in [-0.2, 0) is 0 Å². The molecular formula is C19H15FN6O. The van der Waals surface area contributed by atoms with Crippen LogP contribution in [0.2, 0.25) is 0 Å². The third-order valence-electron chi connectivity index (χ3n) is 4.11. The third kappa shape index (κ3) is 3.20. The highest BCUT2D eigenvalue weighted by Gasteiger charge is 2.16. The number of halogens is 1. The van der Waals surface area contributed by atoms with Crippen molar-refractivity contribution in [1.82, 2.24) is 24.3 Å². The van der Waals surface area contributed by atoms with Crippen molar-refractivity contribution in [2.45, 2.75) is 6.92 Å². The van der Waals surface area contributed by atoms with Crippen molar-refractivity contribution in [2.75, 3.05) is 5.32 Å². The normalized spacial score (nSPS) is 10.7. The summed E-state index contributed by atoms with van der Waals surface area (Å²) in [5.41, 5.74) is 1.73. The molecular weight excluding hydrogens is 347 g/mol. The van der Waals surface area contributed by atoms with Gasteiger partial charge in [0.15, 0.2) is 5.82 Å². The molecule has 4 aromatic rings. The van der Waals surface area contributed by atoms with Crippen molar-refractivity contribution in [1.29, 1.82) is 0 Å². The van der Waals surface area contributed by atoms with Crippen LogP contribution < -0.4 is 5.32 Å². The average molecular weight is 362 g/mol. The van der Waals surface area contributed by atoms with E-state index in [2.05, 4.69) is 20.4 Å². The molecule has 0 atom stereocenters. The molecule has 7 nitrogen and oxygen atoms in total. The Morgan fingerprint density at radius 1 is 1.19 bits per heavy atom. The molecule has 0 fully saturated rings. The minimum Gasteiger partial charge on any atom is -0.322 e. The molecule has 0 saturated heterocycles. The summed E-state index contributed by atoms with van der Waals surface area (Å²) in [6.07, 6.45) is 7.84. The summed E-state index contributed by atoms with van der Waals surface area (Å²) < 4.78 is 17.5. The Morgan fingerprint density at radius 2 is 2.07 bits per heavy atom. The topological polar surface area (TPSA) is 77.6 Å². The quantitative estimate of drug-likeness (QED) is 0.605. The van der Waals surface area contributed by atoms with Crippen LogP contribution in [0.5, 0.6) is 0 Å². The fourth-order valence-electron chi connectivity index (χ4n) is 2.74. The molecule has 1 N–H and O–H groups in total. The number of carbonyl (C=O) groups excluding carboxylic acids is 1. The van der Waals surface area contributed by atoms with Gasteiger partial charge >= 0.3 is 0 Å². The number of pyridine rings is 1. The van der Waals surface area contributed by atoms with Gasteiger partial charge in [0.25, 0.3) is 5.91 Å². The van der Waals surface area contributed by atoms with Crippen LogP contribution >= 0.6 is 0 Å². The number of imidazole rings is 1. The Bertz CT molecular complexity index is 1090. The standard InChI is InChI=1S/C19H15FN6O/c1-13-15(11-23-26(13)18-4-2-3-7-22-18)19(27)24-14-5-6-17(16(20)10-14)25-9-8-21-12-25/h2-12H,1H3,(H,24,27). The van der Waals surface area contributed by atoms with Crippen molar-refractivity contribution in [3.8, 4) is 11.5 Å². The number of hydrogen-bond donors (Lipinski definition) is 1. The number of anilines is 1. The largest absolute Gasteiger partial charge is 0.322 e. The number of aromatic nitrogens is 5. The van der Waals surface area contributed by atoms with E-state index in [9.17, 15) is 9.18 Å². The maximum Gasteiger partial charge on any atom is 0.259 e. The molecule has 0 radical (unpaired) electrons. The van der Waals surface area contributed by atoms with Crippen LogP contribution in [0.3, 0.4) is 0 Å². The molecule has 0 aliphatic carbocycles. The molecule has 0 spiro atoms. The van der Waals surface area contributed by atoms with E-state index < -0.39 is 5.82 Å². The fourth-order valence-corrected chi connectivity index (χ4v) is 2.74. The molecule has 0 aliphatic heterocycles. The number of rotatable bonds is 4. The SMILES string of the molecule is Cc1c(C(=O)Nc2ccc(-n3ccnc3)c(F)c2)cnn1-c1ccccn1. The van der Waals surface area contributed by atoms with Crippen molar-refractivity contribution in [3.63, 3.8) is 0 Å². The minimum absolute atomic E-state index is 0.352. The predicted octanol–water partition coefficient (Wildman–Crippen LogP) is 3.15. The first kappa shape index (κ1) is 16.6. The molecule has 1 aromatic carbocycles. The Labute approximate surface area is 154 Å². The fraction of sp³-hybridized carbons (Fsp3) is 0.0526. The van der Waals surface area contributed by atoms with Gasteiger partial charge in [-0.3, -0.25) is 4.79 Å². The molecule has 134 valence electrons. The zero-order valence-electron chi connectivity index (χ0n) is 14.4. The van der Waals surface area contributed by atoms with Crippen LogP contribution in [0.1, 0.15) is 16.1 Å². The number of benzene rings is 1. The first-order valence-electron chi connectivity index (χ1n) is 8.19. The zero-order valence-corrected chi connectivity index (χ0v) is 14.4. The Morgan fingerprint density at radius 3 is 2.78 bits per heavy atom. The third-order valence-corrected chi connectivity index (χ3v) is 4.11. The number of carbonyl (C=O) groups is 1. The summed E-state index contributed by atoms with van der Waals surface area (Å²) in [7, 11) is 0. The molecule has 0 saturated carbocycles. The maximum absolute atomic E-state index is 14.3. The van der Waals surface area contributed by atoms with Crippen molar-refractivity contribution < 1.29 is 9.18 Å². The Balaban J connectivity index is 1.56. The summed E-state index contributed by atoms with van der Waals surface area (Å²) in [5, 5.41) is 6.92. The molecule has 0 aliphatic rings. The van der Waals surface area contributed by atoms with Gasteiger partial charge in [0, 0.05) is 24.3 Å². The first-order chi connectivity index (χ1) is 13.1. The van der Waals surface area contributed by atoms with Crippen LogP contribution in [-0.4, -0.2) is 30.2 Å². The smallest absolute Gasteiger partial charge is 0.259 e. The molecule has 3 aromatic heterocycles. The second kappa shape index (κ2) is 6.83. The van der Waals surface area contributed by atoms with E-state index in [1.807, 2.05) is 6.07 Å². The second-order valence-electron chi connectivity index (χ2n) is 5.83. The number of amides is 1. The molecule has 27 heavy (non-hydrogen) atoms. The van der Waals surface area contributed by atoms with E-state index in [0.29, 0.717) is 28.5 Å². The molecule has 4 rings (SSSR count). The van der Waals surface area contributed by atoms with Crippen molar-refractivity contribution >= 4 is 11.6 Å². The number of nitrogens with one attached hydrogen (secondary N) is 1. The van der Waals surface area contributed by atoms with E-state index in [1.165, 1.54) is 18.6 Å². The lowest BCUT2D eigenvalue weighted by Gasteiger charge is -2.09. The van der Waals surface area contributed by atoms with Crippen LogP contribution in [0.15, 0.2) is 67.5 Å². The lowest BCUT2D eigenvalue weighted by Crippen LogP contribution is -2.13. The Kier molecular flexibility index (Phi) is 4.21. The average Bonchev–Trinajstić information content (AvgIpc) is 3.32. The van der Waals surface area contributed by atoms with Gasteiger partial charge in [0.1, 0.15) is 5.82 Å². The van der Waals surface area contributed by atoms with E-state index in [0.717, 1.165) is 0 Å². The zero-order chi connectivity index (χ0) is 18.8. The van der Waals surface area contributed by atoms with Crippen molar-refractivity contribution in [2.24, 2.45) is 0 Å². The first-order valence-corrected chi connectivity index (χ1v) is 8.19. The summed E-state index contributed by atoms with van der Waals surface area (Å²) in [4.78, 5) is 20.7. The molecule has 8 heteroatoms. The van der Waals surface area contributed by atoms with E-state index in [-0.39, 0.29) is 5.91 Å². The van der Waals surface area contributed by atoms with Crippen LogP contribution in [0, 0.1) is 12.7 Å².